The maximum absolute atomic E-state index is 13.2. The van der Waals surface area contributed by atoms with Crippen molar-refractivity contribution < 1.29 is 9.21 Å². The average Bonchev–Trinajstić information content (AvgIpc) is 3.64. The summed E-state index contributed by atoms with van der Waals surface area (Å²) in [7, 11) is 0. The van der Waals surface area contributed by atoms with E-state index in [1.807, 2.05) is 11.0 Å². The van der Waals surface area contributed by atoms with Crippen LogP contribution in [0.1, 0.15) is 16.1 Å². The third-order valence-corrected chi connectivity index (χ3v) is 5.99. The molecule has 0 radical (unpaired) electrons. The Morgan fingerprint density at radius 1 is 1.09 bits per heavy atom. The Balaban J connectivity index is 1.16. The molecule has 0 atom stereocenters. The van der Waals surface area contributed by atoms with Gasteiger partial charge in [0.05, 0.1) is 23.0 Å². The highest BCUT2D eigenvalue weighted by atomic mass is 16.4. The molecule has 1 aliphatic heterocycles. The lowest BCUT2D eigenvalue weighted by molar-refractivity contribution is 0.0744. The highest BCUT2D eigenvalue weighted by Gasteiger charge is 2.27. The number of anilines is 1. The summed E-state index contributed by atoms with van der Waals surface area (Å²) < 4.78 is 8.74. The molecule has 0 spiro atoms. The Kier molecular flexibility index (Phi) is 4.87. The Morgan fingerprint density at radius 2 is 1.94 bits per heavy atom. The molecule has 6 heterocycles. The van der Waals surface area contributed by atoms with Gasteiger partial charge in [0.2, 0.25) is 5.95 Å². The molecule has 1 N–H and O–H groups in total. The Bertz CT molecular complexity index is 1570. The summed E-state index contributed by atoms with van der Waals surface area (Å²) in [5.41, 5.74) is 1.93. The summed E-state index contributed by atoms with van der Waals surface area (Å²) >= 11 is 0. The number of carbonyl (C=O) groups is 1. The Hall–Kier alpha value is -4.81. The Morgan fingerprint density at radius 3 is 2.74 bits per heavy atom. The summed E-state index contributed by atoms with van der Waals surface area (Å²) in [5.74, 6) is 0.500. The van der Waals surface area contributed by atoms with Crippen LogP contribution >= 0.6 is 0 Å². The van der Waals surface area contributed by atoms with Gasteiger partial charge >= 0.3 is 6.01 Å². The van der Waals surface area contributed by atoms with Gasteiger partial charge in [0.15, 0.2) is 0 Å². The second-order valence-corrected chi connectivity index (χ2v) is 8.08. The zero-order valence-corrected chi connectivity index (χ0v) is 18.7. The predicted molar refractivity (Wildman–Crippen MR) is 123 cm³/mol. The van der Waals surface area contributed by atoms with E-state index in [4.69, 9.17) is 4.42 Å². The van der Waals surface area contributed by atoms with Gasteiger partial charge in [-0.3, -0.25) is 19.6 Å². The van der Waals surface area contributed by atoms with Crippen LogP contribution in [0.15, 0.2) is 58.3 Å². The van der Waals surface area contributed by atoms with Gasteiger partial charge in [-0.05, 0) is 31.2 Å². The second kappa shape index (κ2) is 8.20. The third kappa shape index (κ3) is 3.62. The van der Waals surface area contributed by atoms with Crippen LogP contribution in [-0.4, -0.2) is 76.5 Å². The number of nitrogens with zero attached hydrogens (tertiary/aromatic N) is 9. The molecule has 35 heavy (non-hydrogen) atoms. The van der Waals surface area contributed by atoms with E-state index < -0.39 is 0 Å². The first-order valence-electron chi connectivity index (χ1n) is 11.0. The van der Waals surface area contributed by atoms with E-state index in [1.54, 1.807) is 48.6 Å². The first-order chi connectivity index (χ1) is 17.1. The van der Waals surface area contributed by atoms with Gasteiger partial charge in [-0.1, -0.05) is 5.10 Å². The molecule has 6 rings (SSSR count). The van der Waals surface area contributed by atoms with Crippen molar-refractivity contribution in [2.75, 3.05) is 31.1 Å². The number of piperazine rings is 1. The van der Waals surface area contributed by atoms with E-state index in [0.717, 1.165) is 5.56 Å². The summed E-state index contributed by atoms with van der Waals surface area (Å²) in [6, 6.07) is 7.48. The SMILES string of the molecule is Cc1c(C(=O)N2CCN(c3nnc(-c4cccnc4)o3)CC2)cnn1-c1nn2cccc2c(=O)[nH]1. The van der Waals surface area contributed by atoms with Crippen molar-refractivity contribution in [3.8, 4) is 17.4 Å². The lowest BCUT2D eigenvalue weighted by Gasteiger charge is -2.33. The van der Waals surface area contributed by atoms with Crippen LogP contribution in [0.5, 0.6) is 0 Å². The monoisotopic (exact) mass is 472 g/mol. The summed E-state index contributed by atoms with van der Waals surface area (Å²) in [5, 5.41) is 16.9. The van der Waals surface area contributed by atoms with Crippen molar-refractivity contribution in [3.05, 3.63) is 70.7 Å². The van der Waals surface area contributed by atoms with E-state index in [2.05, 4.69) is 30.4 Å². The number of aromatic nitrogens is 8. The average molecular weight is 472 g/mol. The first-order valence-corrected chi connectivity index (χ1v) is 11.0. The highest BCUT2D eigenvalue weighted by Crippen LogP contribution is 2.22. The molecule has 176 valence electrons. The molecule has 0 aliphatic carbocycles. The number of nitrogens with one attached hydrogen (secondary N) is 1. The van der Waals surface area contributed by atoms with E-state index >= 15 is 0 Å². The van der Waals surface area contributed by atoms with E-state index in [-0.39, 0.29) is 17.4 Å². The molecule has 13 nitrogen and oxygen atoms in total. The largest absolute Gasteiger partial charge is 0.403 e. The maximum Gasteiger partial charge on any atom is 0.318 e. The van der Waals surface area contributed by atoms with Crippen LogP contribution in [0.25, 0.3) is 22.9 Å². The number of carbonyl (C=O) groups excluding carboxylic acids is 1. The molecule has 1 saturated heterocycles. The number of rotatable bonds is 4. The normalized spacial score (nSPS) is 14.1. The zero-order valence-electron chi connectivity index (χ0n) is 18.7. The summed E-state index contributed by atoms with van der Waals surface area (Å²) in [4.78, 5) is 36.0. The van der Waals surface area contributed by atoms with Crippen molar-refractivity contribution in [1.82, 2.24) is 44.5 Å². The smallest absolute Gasteiger partial charge is 0.318 e. The molecule has 0 bridgehead atoms. The van der Waals surface area contributed by atoms with Gasteiger partial charge < -0.3 is 14.2 Å². The molecule has 1 aliphatic rings. The second-order valence-electron chi connectivity index (χ2n) is 8.08. The molecule has 13 heteroatoms. The lowest BCUT2D eigenvalue weighted by Crippen LogP contribution is -2.49. The fourth-order valence-corrected chi connectivity index (χ4v) is 4.08. The number of amides is 1. The Labute approximate surface area is 197 Å². The first kappa shape index (κ1) is 20.8. The van der Waals surface area contributed by atoms with Gasteiger partial charge in [0, 0.05) is 44.8 Å². The summed E-state index contributed by atoms with van der Waals surface area (Å²) in [6.45, 7) is 3.84. The minimum Gasteiger partial charge on any atom is -0.403 e. The number of pyridine rings is 1. The van der Waals surface area contributed by atoms with Crippen molar-refractivity contribution >= 4 is 17.4 Å². The minimum absolute atomic E-state index is 0.139. The van der Waals surface area contributed by atoms with Gasteiger partial charge in [-0.25, -0.2) is 9.20 Å². The van der Waals surface area contributed by atoms with E-state index in [0.29, 0.717) is 54.9 Å². The number of H-pyrrole nitrogens is 1. The third-order valence-electron chi connectivity index (χ3n) is 5.99. The molecule has 1 fully saturated rings. The van der Waals surface area contributed by atoms with E-state index in [9.17, 15) is 9.59 Å². The van der Waals surface area contributed by atoms with Gasteiger partial charge in [0.1, 0.15) is 5.52 Å². The van der Waals surface area contributed by atoms with Crippen LogP contribution in [0.3, 0.4) is 0 Å². The highest BCUT2D eigenvalue weighted by molar-refractivity contribution is 5.95. The van der Waals surface area contributed by atoms with Crippen LogP contribution in [0.2, 0.25) is 0 Å². The number of aromatic amines is 1. The van der Waals surface area contributed by atoms with Gasteiger partial charge in [0.25, 0.3) is 17.4 Å². The molecular weight excluding hydrogens is 452 g/mol. The molecule has 1 amide bonds. The predicted octanol–water partition coefficient (Wildman–Crippen LogP) is 0.924. The molecule has 0 unspecified atom stereocenters. The van der Waals surface area contributed by atoms with Crippen LogP contribution in [0.4, 0.5) is 6.01 Å². The number of fused-ring (bicyclic) bond motifs is 1. The summed E-state index contributed by atoms with van der Waals surface area (Å²) in [6.07, 6.45) is 6.53. The lowest BCUT2D eigenvalue weighted by atomic mass is 10.2. The topological polar surface area (TPSA) is 143 Å². The van der Waals surface area contributed by atoms with Crippen molar-refractivity contribution in [2.45, 2.75) is 6.92 Å². The van der Waals surface area contributed by atoms with Crippen LogP contribution < -0.4 is 10.5 Å². The molecule has 0 saturated carbocycles. The molecule has 5 aromatic heterocycles. The van der Waals surface area contributed by atoms with Crippen molar-refractivity contribution in [2.24, 2.45) is 0 Å². The fraction of sp³-hybridized carbons (Fsp3) is 0.227. The standard InChI is InChI=1S/C22H20N10O3/c1-14-16(13-24-32(14)21-25-18(33)17-5-3-7-31(17)28-21)20(34)29-8-10-30(11-9-29)22-27-26-19(35-22)15-4-2-6-23-12-15/h2-7,12-13H,8-11H2,1H3,(H,25,28,33). The van der Waals surface area contributed by atoms with E-state index in [1.165, 1.54) is 15.4 Å². The number of hydrogen-bond acceptors (Lipinski definition) is 9. The minimum atomic E-state index is -0.286. The van der Waals surface area contributed by atoms with Crippen LogP contribution in [-0.2, 0) is 0 Å². The van der Waals surface area contributed by atoms with Crippen molar-refractivity contribution in [1.29, 1.82) is 0 Å². The fourth-order valence-electron chi connectivity index (χ4n) is 4.08. The molecule has 5 aromatic rings. The van der Waals surface area contributed by atoms with Gasteiger partial charge in [-0.15, -0.1) is 10.2 Å². The number of hydrogen-bond donors (Lipinski definition) is 1. The molecule has 0 aromatic carbocycles. The molecular formula is C22H20N10O3. The van der Waals surface area contributed by atoms with Crippen LogP contribution in [0, 0.1) is 6.92 Å². The van der Waals surface area contributed by atoms with Gasteiger partial charge in [-0.2, -0.15) is 5.10 Å². The maximum atomic E-state index is 13.2. The zero-order chi connectivity index (χ0) is 23.9. The van der Waals surface area contributed by atoms with Crippen molar-refractivity contribution in [3.63, 3.8) is 0 Å². The quantitative estimate of drug-likeness (QED) is 0.404.